The number of allylic oxidation sites excluding steroid dienone is 8. The van der Waals surface area contributed by atoms with Gasteiger partial charge in [0.05, 0.1) is 0 Å². The minimum absolute atomic E-state index is 0.725. The summed E-state index contributed by atoms with van der Waals surface area (Å²) in [6, 6.07) is 0. The van der Waals surface area contributed by atoms with Gasteiger partial charge < -0.3 is 0 Å². The SMILES string of the molecule is FC(F)(F)C1=C[CH+][C](=[Ge]=[C]2C=CC(C(F)(F)F)=C[CH-]2)C=C1. The quantitative estimate of drug-likeness (QED) is 0.351. The minimum atomic E-state index is -4.38. The molecule has 0 aromatic carbocycles. The molecule has 2 aliphatic rings. The fraction of sp³-hybridized carbons (Fsp3) is 0.143. The van der Waals surface area contributed by atoms with Crippen LogP contribution < -0.4 is 0 Å². The number of hydrogen-bond donors (Lipinski definition) is 0. The molecular formula is C14H8F6Ge. The van der Waals surface area contributed by atoms with Crippen molar-refractivity contribution in [2.75, 3.05) is 0 Å². The molecule has 0 saturated carbocycles. The maximum absolute atomic E-state index is 12.4. The van der Waals surface area contributed by atoms with Crippen LogP contribution in [0.2, 0.25) is 0 Å². The Hall–Kier alpha value is -1.44. The topological polar surface area (TPSA) is 0 Å². The van der Waals surface area contributed by atoms with Crippen molar-refractivity contribution in [3.63, 3.8) is 0 Å². The third kappa shape index (κ3) is 4.26. The van der Waals surface area contributed by atoms with Gasteiger partial charge in [0.15, 0.2) is 0 Å². The van der Waals surface area contributed by atoms with Gasteiger partial charge in [-0.25, -0.2) is 0 Å². The first kappa shape index (κ1) is 15.9. The molecule has 0 aliphatic heterocycles. The van der Waals surface area contributed by atoms with Gasteiger partial charge in [0.1, 0.15) is 0 Å². The van der Waals surface area contributed by atoms with E-state index in [-0.39, 0.29) is 0 Å². The van der Waals surface area contributed by atoms with Gasteiger partial charge in [-0.15, -0.1) is 0 Å². The number of alkyl halides is 6. The van der Waals surface area contributed by atoms with Crippen LogP contribution in [0.4, 0.5) is 26.3 Å². The molecule has 0 unspecified atom stereocenters. The Morgan fingerprint density at radius 2 is 1.48 bits per heavy atom. The number of rotatable bonds is 0. The van der Waals surface area contributed by atoms with E-state index >= 15 is 0 Å². The fourth-order valence-corrected chi connectivity index (χ4v) is 3.75. The van der Waals surface area contributed by atoms with Crippen molar-refractivity contribution in [2.45, 2.75) is 12.4 Å². The van der Waals surface area contributed by atoms with Crippen LogP contribution in [0.5, 0.6) is 0 Å². The van der Waals surface area contributed by atoms with Gasteiger partial charge in [0.2, 0.25) is 0 Å². The molecular weight excluding hydrogens is 355 g/mol. The second kappa shape index (κ2) is 5.75. The van der Waals surface area contributed by atoms with Crippen LogP contribution in [0.1, 0.15) is 0 Å². The van der Waals surface area contributed by atoms with E-state index in [9.17, 15) is 26.3 Å². The zero-order valence-electron chi connectivity index (χ0n) is 10.4. The van der Waals surface area contributed by atoms with Crippen LogP contribution in [0.3, 0.4) is 0 Å². The molecule has 7 heteroatoms. The van der Waals surface area contributed by atoms with Gasteiger partial charge in [-0.05, 0) is 0 Å². The number of halogens is 6. The molecule has 2 aliphatic carbocycles. The molecule has 0 aromatic heterocycles. The second-order valence-corrected chi connectivity index (χ2v) is 7.22. The van der Waals surface area contributed by atoms with Crippen LogP contribution in [-0.2, 0) is 0 Å². The zero-order valence-corrected chi connectivity index (χ0v) is 12.5. The molecule has 0 aromatic rings. The molecule has 0 N–H and O–H groups in total. The van der Waals surface area contributed by atoms with Gasteiger partial charge in [0.25, 0.3) is 0 Å². The molecule has 0 amide bonds. The molecule has 21 heavy (non-hydrogen) atoms. The second-order valence-electron chi connectivity index (χ2n) is 4.28. The van der Waals surface area contributed by atoms with Crippen LogP contribution in [-0.4, -0.2) is 35.6 Å². The molecule has 0 spiro atoms. The summed E-state index contributed by atoms with van der Waals surface area (Å²) in [6.07, 6.45) is 0.694. The molecule has 0 radical (unpaired) electrons. The molecule has 110 valence electrons. The summed E-state index contributed by atoms with van der Waals surface area (Å²) >= 11 is -0.952. The molecule has 0 saturated heterocycles. The molecule has 0 heterocycles. The summed E-state index contributed by atoms with van der Waals surface area (Å²) in [5, 5.41) is 0. The Morgan fingerprint density at radius 1 is 0.857 bits per heavy atom. The summed E-state index contributed by atoms with van der Waals surface area (Å²) in [5.41, 5.74) is -1.46. The predicted molar refractivity (Wildman–Crippen MR) is 70.9 cm³/mol. The van der Waals surface area contributed by atoms with Crippen LogP contribution >= 0.6 is 0 Å². The van der Waals surface area contributed by atoms with Gasteiger partial charge in [-0.3, -0.25) is 0 Å². The molecule has 0 bridgehead atoms. The predicted octanol–water partition coefficient (Wildman–Crippen LogP) is 3.56. The van der Waals surface area contributed by atoms with E-state index in [2.05, 4.69) is 0 Å². The third-order valence-corrected chi connectivity index (χ3v) is 5.32. The van der Waals surface area contributed by atoms with Crippen molar-refractivity contribution in [1.82, 2.24) is 0 Å². The van der Waals surface area contributed by atoms with E-state index < -0.39 is 38.0 Å². The van der Waals surface area contributed by atoms with Crippen molar-refractivity contribution in [3.05, 3.63) is 60.4 Å². The Morgan fingerprint density at radius 3 is 1.90 bits per heavy atom. The van der Waals surface area contributed by atoms with Gasteiger partial charge >= 0.3 is 122 Å². The van der Waals surface area contributed by atoms with E-state index in [1.807, 2.05) is 0 Å². The standard InChI is InChI=1S/C14H8F6Ge/c15-13(16,17)9-1-5-11(6-2-9)21-12-7-3-10(4-8-12)14(18,19)20/h1-8H. The van der Waals surface area contributed by atoms with Crippen LogP contribution in [0.15, 0.2) is 47.6 Å². The average Bonchev–Trinajstić information content (AvgIpc) is 2.38. The van der Waals surface area contributed by atoms with Crippen molar-refractivity contribution in [1.29, 1.82) is 0 Å². The first-order chi connectivity index (χ1) is 9.66. The van der Waals surface area contributed by atoms with Crippen molar-refractivity contribution < 1.29 is 26.3 Å². The van der Waals surface area contributed by atoms with E-state index in [4.69, 9.17) is 0 Å². The summed E-state index contributed by atoms with van der Waals surface area (Å²) in [7, 11) is 0. The Labute approximate surface area is 123 Å². The normalized spacial score (nSPS) is 18.6. The molecule has 2 rings (SSSR count). The first-order valence-electron chi connectivity index (χ1n) is 5.78. The van der Waals surface area contributed by atoms with Crippen molar-refractivity contribution >= 4 is 23.3 Å². The van der Waals surface area contributed by atoms with E-state index in [0.717, 1.165) is 33.0 Å². The van der Waals surface area contributed by atoms with Crippen molar-refractivity contribution in [3.8, 4) is 0 Å². The van der Waals surface area contributed by atoms with E-state index in [1.165, 1.54) is 25.0 Å². The third-order valence-electron chi connectivity index (χ3n) is 2.71. The molecule has 0 fully saturated rings. The Kier molecular flexibility index (Phi) is 4.36. The van der Waals surface area contributed by atoms with E-state index in [0.29, 0.717) is 0 Å². The molecule has 0 nitrogen and oxygen atoms in total. The van der Waals surface area contributed by atoms with Crippen molar-refractivity contribution in [2.24, 2.45) is 0 Å². The zero-order chi connectivity index (χ0) is 15.7. The number of hydrogen-bond acceptors (Lipinski definition) is 0. The Bertz CT molecular complexity index is 567. The average molecular weight is 363 g/mol. The fourth-order valence-electron chi connectivity index (χ4n) is 1.65. The van der Waals surface area contributed by atoms with Crippen LogP contribution in [0, 0.1) is 12.8 Å². The molecule has 0 atom stereocenters. The summed E-state index contributed by atoms with van der Waals surface area (Å²) in [6.45, 7) is 0. The van der Waals surface area contributed by atoms with Gasteiger partial charge in [-0.2, -0.15) is 0 Å². The van der Waals surface area contributed by atoms with Gasteiger partial charge in [0, 0.05) is 0 Å². The summed E-state index contributed by atoms with van der Waals surface area (Å²) < 4.78 is 75.9. The summed E-state index contributed by atoms with van der Waals surface area (Å²) in [4.78, 5) is 0. The summed E-state index contributed by atoms with van der Waals surface area (Å²) in [5.74, 6) is 0. The first-order valence-corrected chi connectivity index (χ1v) is 7.87. The maximum atomic E-state index is 12.4. The Balaban J connectivity index is 2.14. The van der Waals surface area contributed by atoms with Gasteiger partial charge in [-0.1, -0.05) is 0 Å². The van der Waals surface area contributed by atoms with E-state index in [1.54, 1.807) is 0 Å². The van der Waals surface area contributed by atoms with Crippen LogP contribution in [0.25, 0.3) is 0 Å². The monoisotopic (exact) mass is 364 g/mol.